The first-order valence-corrected chi connectivity index (χ1v) is 6.64. The molecule has 3 heteroatoms. The SMILES string of the molecule is CC1CNC(CC#N)CN(C2CCCC2)C1. The molecule has 0 aromatic carbocycles. The smallest absolute Gasteiger partial charge is 0.0638 e. The fourth-order valence-electron chi connectivity index (χ4n) is 3.07. The van der Waals surface area contributed by atoms with Crippen molar-refractivity contribution >= 4 is 0 Å². The van der Waals surface area contributed by atoms with Crippen LogP contribution in [0, 0.1) is 17.2 Å². The lowest BCUT2D eigenvalue weighted by atomic mass is 10.1. The van der Waals surface area contributed by atoms with Gasteiger partial charge in [0.2, 0.25) is 0 Å². The van der Waals surface area contributed by atoms with E-state index in [0.29, 0.717) is 18.4 Å². The molecule has 2 aliphatic rings. The number of nitrogens with one attached hydrogen (secondary N) is 1. The quantitative estimate of drug-likeness (QED) is 0.772. The minimum atomic E-state index is 0.385. The van der Waals surface area contributed by atoms with Crippen LogP contribution in [0.3, 0.4) is 0 Å². The summed E-state index contributed by atoms with van der Waals surface area (Å²) < 4.78 is 0. The molecule has 1 saturated carbocycles. The van der Waals surface area contributed by atoms with Crippen LogP contribution in [0.2, 0.25) is 0 Å². The Morgan fingerprint density at radius 1 is 1.31 bits per heavy atom. The molecule has 90 valence electrons. The summed E-state index contributed by atoms with van der Waals surface area (Å²) in [6, 6.07) is 3.48. The molecule has 3 nitrogen and oxygen atoms in total. The predicted molar refractivity (Wildman–Crippen MR) is 65.0 cm³/mol. The summed E-state index contributed by atoms with van der Waals surface area (Å²) in [5.74, 6) is 0.712. The van der Waals surface area contributed by atoms with Gasteiger partial charge in [0.05, 0.1) is 12.5 Å². The molecule has 16 heavy (non-hydrogen) atoms. The van der Waals surface area contributed by atoms with Gasteiger partial charge in [0, 0.05) is 25.2 Å². The standard InChI is InChI=1S/C13H23N3/c1-11-8-15-12(6-7-14)10-16(9-11)13-4-2-3-5-13/h11-13,15H,2-6,8-10H2,1H3. The van der Waals surface area contributed by atoms with Gasteiger partial charge in [-0.3, -0.25) is 4.90 Å². The Bertz CT molecular complexity index is 252. The lowest BCUT2D eigenvalue weighted by Gasteiger charge is -2.30. The summed E-state index contributed by atoms with van der Waals surface area (Å²) >= 11 is 0. The van der Waals surface area contributed by atoms with E-state index in [9.17, 15) is 0 Å². The monoisotopic (exact) mass is 221 g/mol. The Morgan fingerprint density at radius 2 is 2.06 bits per heavy atom. The van der Waals surface area contributed by atoms with Gasteiger partial charge in [0.25, 0.3) is 0 Å². The van der Waals surface area contributed by atoms with Gasteiger partial charge >= 0.3 is 0 Å². The van der Waals surface area contributed by atoms with Gasteiger partial charge in [0.1, 0.15) is 0 Å². The number of nitrogens with zero attached hydrogens (tertiary/aromatic N) is 2. The normalized spacial score (nSPS) is 33.5. The van der Waals surface area contributed by atoms with Crippen molar-refractivity contribution in [3.05, 3.63) is 0 Å². The van der Waals surface area contributed by atoms with E-state index in [4.69, 9.17) is 5.26 Å². The molecule has 0 spiro atoms. The average Bonchev–Trinajstić information content (AvgIpc) is 2.72. The third kappa shape index (κ3) is 2.96. The van der Waals surface area contributed by atoms with Crippen molar-refractivity contribution in [2.75, 3.05) is 19.6 Å². The van der Waals surface area contributed by atoms with E-state index >= 15 is 0 Å². The second-order valence-corrected chi connectivity index (χ2v) is 5.46. The Kier molecular flexibility index (Phi) is 4.20. The molecule has 0 bridgehead atoms. The van der Waals surface area contributed by atoms with Gasteiger partial charge in [-0.05, 0) is 25.3 Å². The van der Waals surface area contributed by atoms with Crippen molar-refractivity contribution in [1.82, 2.24) is 10.2 Å². The summed E-state index contributed by atoms with van der Waals surface area (Å²) in [7, 11) is 0. The van der Waals surface area contributed by atoms with Crippen LogP contribution in [0.4, 0.5) is 0 Å². The molecular formula is C13H23N3. The van der Waals surface area contributed by atoms with E-state index in [1.807, 2.05) is 0 Å². The molecular weight excluding hydrogens is 198 g/mol. The van der Waals surface area contributed by atoms with E-state index < -0.39 is 0 Å². The minimum Gasteiger partial charge on any atom is -0.311 e. The number of hydrogen-bond donors (Lipinski definition) is 1. The number of hydrogen-bond acceptors (Lipinski definition) is 3. The summed E-state index contributed by atoms with van der Waals surface area (Å²) in [6.45, 7) is 5.65. The highest BCUT2D eigenvalue weighted by Crippen LogP contribution is 2.25. The maximum atomic E-state index is 8.82. The van der Waals surface area contributed by atoms with Gasteiger partial charge in [0.15, 0.2) is 0 Å². The maximum absolute atomic E-state index is 8.82. The van der Waals surface area contributed by atoms with E-state index in [2.05, 4.69) is 23.2 Å². The van der Waals surface area contributed by atoms with Crippen molar-refractivity contribution in [2.45, 2.75) is 51.1 Å². The second-order valence-electron chi connectivity index (χ2n) is 5.46. The van der Waals surface area contributed by atoms with Gasteiger partial charge in [-0.25, -0.2) is 0 Å². The predicted octanol–water partition coefficient (Wildman–Crippen LogP) is 1.75. The van der Waals surface area contributed by atoms with Crippen LogP contribution in [0.1, 0.15) is 39.0 Å². The average molecular weight is 221 g/mol. The van der Waals surface area contributed by atoms with E-state index in [0.717, 1.165) is 19.1 Å². The number of nitriles is 1. The zero-order chi connectivity index (χ0) is 11.4. The molecule has 1 heterocycles. The highest BCUT2D eigenvalue weighted by molar-refractivity contribution is 4.89. The van der Waals surface area contributed by atoms with E-state index in [-0.39, 0.29) is 0 Å². The van der Waals surface area contributed by atoms with Gasteiger partial charge in [-0.15, -0.1) is 0 Å². The van der Waals surface area contributed by atoms with Crippen LogP contribution in [-0.2, 0) is 0 Å². The molecule has 0 amide bonds. The highest BCUT2D eigenvalue weighted by atomic mass is 15.2. The Labute approximate surface area is 98.8 Å². The zero-order valence-corrected chi connectivity index (χ0v) is 10.3. The number of rotatable bonds is 2. The van der Waals surface area contributed by atoms with Crippen LogP contribution in [-0.4, -0.2) is 36.6 Å². The van der Waals surface area contributed by atoms with Gasteiger partial charge in [-0.2, -0.15) is 5.26 Å². The Hall–Kier alpha value is -0.590. The molecule has 2 unspecified atom stereocenters. The van der Waals surface area contributed by atoms with Crippen molar-refractivity contribution in [3.8, 4) is 6.07 Å². The van der Waals surface area contributed by atoms with Gasteiger partial charge in [-0.1, -0.05) is 19.8 Å². The molecule has 2 fully saturated rings. The van der Waals surface area contributed by atoms with Crippen molar-refractivity contribution in [1.29, 1.82) is 5.26 Å². The Morgan fingerprint density at radius 3 is 2.75 bits per heavy atom. The molecule has 2 atom stereocenters. The lowest BCUT2D eigenvalue weighted by molar-refractivity contribution is 0.180. The molecule has 1 N–H and O–H groups in total. The van der Waals surface area contributed by atoms with Crippen molar-refractivity contribution in [3.63, 3.8) is 0 Å². The topological polar surface area (TPSA) is 39.1 Å². The zero-order valence-electron chi connectivity index (χ0n) is 10.3. The minimum absolute atomic E-state index is 0.385. The van der Waals surface area contributed by atoms with Crippen molar-refractivity contribution in [2.24, 2.45) is 5.92 Å². The molecule has 2 rings (SSSR count). The fraction of sp³-hybridized carbons (Fsp3) is 0.923. The summed E-state index contributed by atoms with van der Waals surface area (Å²) in [5.41, 5.74) is 0. The molecule has 0 aromatic rings. The molecule has 0 aromatic heterocycles. The lowest BCUT2D eigenvalue weighted by Crippen LogP contribution is -2.41. The first kappa shape index (κ1) is 11.9. The molecule has 1 aliphatic heterocycles. The first-order chi connectivity index (χ1) is 7.79. The Balaban J connectivity index is 1.95. The van der Waals surface area contributed by atoms with E-state index in [1.165, 1.54) is 32.2 Å². The maximum Gasteiger partial charge on any atom is 0.0638 e. The van der Waals surface area contributed by atoms with Crippen molar-refractivity contribution < 1.29 is 0 Å². The van der Waals surface area contributed by atoms with Crippen LogP contribution in [0.15, 0.2) is 0 Å². The largest absolute Gasteiger partial charge is 0.311 e. The molecule has 1 saturated heterocycles. The van der Waals surface area contributed by atoms with E-state index in [1.54, 1.807) is 0 Å². The second kappa shape index (κ2) is 5.65. The van der Waals surface area contributed by atoms with Crippen LogP contribution >= 0.6 is 0 Å². The van der Waals surface area contributed by atoms with Crippen LogP contribution < -0.4 is 5.32 Å². The summed E-state index contributed by atoms with van der Waals surface area (Å²) in [5, 5.41) is 12.3. The van der Waals surface area contributed by atoms with Gasteiger partial charge < -0.3 is 5.32 Å². The summed E-state index contributed by atoms with van der Waals surface area (Å²) in [4.78, 5) is 2.64. The third-order valence-corrected chi connectivity index (χ3v) is 3.93. The van der Waals surface area contributed by atoms with Crippen LogP contribution in [0.25, 0.3) is 0 Å². The van der Waals surface area contributed by atoms with Crippen LogP contribution in [0.5, 0.6) is 0 Å². The summed E-state index contributed by atoms with van der Waals surface area (Å²) in [6.07, 6.45) is 6.17. The molecule has 1 aliphatic carbocycles. The molecule has 0 radical (unpaired) electrons. The third-order valence-electron chi connectivity index (χ3n) is 3.93. The highest BCUT2D eigenvalue weighted by Gasteiger charge is 2.28. The fourth-order valence-corrected chi connectivity index (χ4v) is 3.07. The first-order valence-electron chi connectivity index (χ1n) is 6.64.